The first-order valence-electron chi connectivity index (χ1n) is 8.01. The van der Waals surface area contributed by atoms with Crippen molar-refractivity contribution in [3.8, 4) is 0 Å². The van der Waals surface area contributed by atoms with E-state index in [9.17, 15) is 9.59 Å². The minimum absolute atomic E-state index is 0. The van der Waals surface area contributed by atoms with Gasteiger partial charge in [0.1, 0.15) is 6.04 Å². The standard InChI is InChI=1S/C17H25N3O3.ClH/c1-23-12-15(18)17(22)20-10-6-5-9-14(20)11-19-16(21)13-7-3-2-4-8-13;/h2-4,7-8,14-15H,5-6,9-12,18H2,1H3,(H,19,21);1H. The predicted octanol–water partition coefficient (Wildman–Crippen LogP) is 1.19. The van der Waals surface area contributed by atoms with Gasteiger partial charge in [0.2, 0.25) is 5.91 Å². The molecule has 1 heterocycles. The number of likely N-dealkylation sites (tertiary alicyclic amines) is 1. The van der Waals surface area contributed by atoms with Crippen LogP contribution in [-0.4, -0.2) is 55.6 Å². The van der Waals surface area contributed by atoms with Crippen molar-refractivity contribution < 1.29 is 14.3 Å². The number of amides is 2. The van der Waals surface area contributed by atoms with Crippen LogP contribution in [0.2, 0.25) is 0 Å². The highest BCUT2D eigenvalue weighted by Gasteiger charge is 2.30. The molecular formula is C17H26ClN3O3. The van der Waals surface area contributed by atoms with E-state index in [0.717, 1.165) is 19.3 Å². The maximum Gasteiger partial charge on any atom is 0.251 e. The van der Waals surface area contributed by atoms with E-state index in [0.29, 0.717) is 18.7 Å². The van der Waals surface area contributed by atoms with E-state index in [1.54, 1.807) is 17.0 Å². The Kier molecular flexibility index (Phi) is 8.74. The SMILES string of the molecule is COCC(N)C(=O)N1CCCCC1CNC(=O)c1ccccc1.Cl. The Morgan fingerprint density at radius 1 is 1.33 bits per heavy atom. The average molecular weight is 356 g/mol. The second kappa shape index (κ2) is 10.3. The number of hydrogen-bond donors (Lipinski definition) is 2. The largest absolute Gasteiger partial charge is 0.383 e. The average Bonchev–Trinajstić information content (AvgIpc) is 2.60. The van der Waals surface area contributed by atoms with Crippen LogP contribution in [0, 0.1) is 0 Å². The molecule has 1 aliphatic rings. The summed E-state index contributed by atoms with van der Waals surface area (Å²) in [5.74, 6) is -0.227. The topological polar surface area (TPSA) is 84.7 Å². The van der Waals surface area contributed by atoms with Gasteiger partial charge in [0.05, 0.1) is 6.61 Å². The van der Waals surface area contributed by atoms with Crippen molar-refractivity contribution in [3.05, 3.63) is 35.9 Å². The van der Waals surface area contributed by atoms with Gasteiger partial charge in [-0.15, -0.1) is 12.4 Å². The van der Waals surface area contributed by atoms with Crippen LogP contribution < -0.4 is 11.1 Å². The molecule has 0 aromatic heterocycles. The van der Waals surface area contributed by atoms with Gasteiger partial charge in [-0.25, -0.2) is 0 Å². The van der Waals surface area contributed by atoms with Crippen molar-refractivity contribution in [3.63, 3.8) is 0 Å². The fourth-order valence-corrected chi connectivity index (χ4v) is 2.87. The third kappa shape index (κ3) is 5.47. The Labute approximate surface area is 149 Å². The summed E-state index contributed by atoms with van der Waals surface area (Å²) in [6.45, 7) is 1.33. The van der Waals surface area contributed by atoms with Gasteiger partial charge in [0.15, 0.2) is 0 Å². The van der Waals surface area contributed by atoms with Gasteiger partial charge >= 0.3 is 0 Å². The zero-order chi connectivity index (χ0) is 16.7. The molecule has 134 valence electrons. The molecule has 3 N–H and O–H groups in total. The highest BCUT2D eigenvalue weighted by molar-refractivity contribution is 5.94. The Balaban J connectivity index is 0.00000288. The lowest BCUT2D eigenvalue weighted by Crippen LogP contribution is -2.55. The minimum Gasteiger partial charge on any atom is -0.383 e. The van der Waals surface area contributed by atoms with Crippen molar-refractivity contribution in [2.75, 3.05) is 26.8 Å². The first-order valence-corrected chi connectivity index (χ1v) is 8.01. The highest BCUT2D eigenvalue weighted by Crippen LogP contribution is 2.17. The molecule has 0 bridgehead atoms. The smallest absolute Gasteiger partial charge is 0.251 e. The molecule has 0 aliphatic carbocycles. The molecule has 7 heteroatoms. The Morgan fingerprint density at radius 3 is 2.71 bits per heavy atom. The summed E-state index contributed by atoms with van der Waals surface area (Å²) in [5, 5.41) is 2.92. The molecule has 1 saturated heterocycles. The van der Waals surface area contributed by atoms with Crippen LogP contribution in [0.15, 0.2) is 30.3 Å². The summed E-state index contributed by atoms with van der Waals surface area (Å²) in [5.41, 5.74) is 6.49. The van der Waals surface area contributed by atoms with Gasteiger partial charge in [-0.05, 0) is 31.4 Å². The number of halogens is 1. The van der Waals surface area contributed by atoms with Gasteiger partial charge < -0.3 is 20.7 Å². The fraction of sp³-hybridized carbons (Fsp3) is 0.529. The van der Waals surface area contributed by atoms with E-state index >= 15 is 0 Å². The zero-order valence-electron chi connectivity index (χ0n) is 13.9. The Bertz CT molecular complexity index is 527. The maximum atomic E-state index is 12.4. The van der Waals surface area contributed by atoms with Gasteiger partial charge in [-0.2, -0.15) is 0 Å². The molecule has 1 aromatic rings. The number of nitrogens with zero attached hydrogens (tertiary/aromatic N) is 1. The Hall–Kier alpha value is -1.63. The molecule has 1 aliphatic heterocycles. The monoisotopic (exact) mass is 355 g/mol. The summed E-state index contributed by atoms with van der Waals surface area (Å²) in [4.78, 5) is 26.4. The van der Waals surface area contributed by atoms with E-state index in [2.05, 4.69) is 5.32 Å². The first-order chi connectivity index (χ1) is 11.1. The molecule has 6 nitrogen and oxygen atoms in total. The van der Waals surface area contributed by atoms with E-state index in [1.165, 1.54) is 7.11 Å². The van der Waals surface area contributed by atoms with Crippen molar-refractivity contribution in [1.29, 1.82) is 0 Å². The summed E-state index contributed by atoms with van der Waals surface area (Å²) in [7, 11) is 1.53. The molecule has 24 heavy (non-hydrogen) atoms. The van der Waals surface area contributed by atoms with Crippen LogP contribution in [0.1, 0.15) is 29.6 Å². The summed E-state index contributed by atoms with van der Waals surface area (Å²) in [6.07, 6.45) is 2.89. The number of rotatable bonds is 6. The van der Waals surface area contributed by atoms with Crippen molar-refractivity contribution in [2.45, 2.75) is 31.3 Å². The lowest BCUT2D eigenvalue weighted by Gasteiger charge is -2.37. The van der Waals surface area contributed by atoms with Crippen LogP contribution in [-0.2, 0) is 9.53 Å². The minimum atomic E-state index is -0.648. The molecule has 0 spiro atoms. The molecular weight excluding hydrogens is 330 g/mol. The van der Waals surface area contributed by atoms with Crippen LogP contribution in [0.25, 0.3) is 0 Å². The maximum absolute atomic E-state index is 12.4. The van der Waals surface area contributed by atoms with Gasteiger partial charge in [0, 0.05) is 31.8 Å². The normalized spacial score (nSPS) is 18.4. The fourth-order valence-electron chi connectivity index (χ4n) is 2.87. The lowest BCUT2D eigenvalue weighted by atomic mass is 10.0. The van der Waals surface area contributed by atoms with Crippen LogP contribution >= 0.6 is 12.4 Å². The zero-order valence-corrected chi connectivity index (χ0v) is 14.8. The molecule has 2 atom stereocenters. The van der Waals surface area contributed by atoms with Gasteiger partial charge in [-0.1, -0.05) is 18.2 Å². The number of carbonyl (C=O) groups is 2. The number of hydrogen-bond acceptors (Lipinski definition) is 4. The van der Waals surface area contributed by atoms with Crippen LogP contribution in [0.4, 0.5) is 0 Å². The number of piperidine rings is 1. The summed E-state index contributed by atoms with van der Waals surface area (Å²) < 4.78 is 4.96. The van der Waals surface area contributed by atoms with Crippen molar-refractivity contribution in [2.24, 2.45) is 5.73 Å². The number of nitrogens with two attached hydrogens (primary N) is 1. The second-order valence-corrected chi connectivity index (χ2v) is 5.82. The van der Waals surface area contributed by atoms with E-state index in [1.807, 2.05) is 18.2 Å². The molecule has 0 radical (unpaired) electrons. The van der Waals surface area contributed by atoms with Crippen molar-refractivity contribution >= 4 is 24.2 Å². The highest BCUT2D eigenvalue weighted by atomic mass is 35.5. The molecule has 1 aromatic carbocycles. The molecule has 2 amide bonds. The number of carbonyl (C=O) groups excluding carboxylic acids is 2. The molecule has 1 fully saturated rings. The second-order valence-electron chi connectivity index (χ2n) is 5.82. The van der Waals surface area contributed by atoms with E-state index < -0.39 is 6.04 Å². The molecule has 2 unspecified atom stereocenters. The van der Waals surface area contributed by atoms with Gasteiger partial charge in [-0.3, -0.25) is 9.59 Å². The molecule has 2 rings (SSSR count). The van der Waals surface area contributed by atoms with Gasteiger partial charge in [0.25, 0.3) is 5.91 Å². The Morgan fingerprint density at radius 2 is 2.04 bits per heavy atom. The molecule has 0 saturated carbocycles. The number of ether oxygens (including phenoxy) is 1. The van der Waals surface area contributed by atoms with E-state index in [4.69, 9.17) is 10.5 Å². The first kappa shape index (κ1) is 20.4. The summed E-state index contributed by atoms with van der Waals surface area (Å²) >= 11 is 0. The van der Waals surface area contributed by atoms with Crippen LogP contribution in [0.3, 0.4) is 0 Å². The van der Waals surface area contributed by atoms with Crippen molar-refractivity contribution in [1.82, 2.24) is 10.2 Å². The number of benzene rings is 1. The van der Waals surface area contributed by atoms with Crippen LogP contribution in [0.5, 0.6) is 0 Å². The quantitative estimate of drug-likeness (QED) is 0.802. The lowest BCUT2D eigenvalue weighted by molar-refractivity contribution is -0.137. The number of nitrogens with one attached hydrogen (secondary N) is 1. The summed E-state index contributed by atoms with van der Waals surface area (Å²) in [6, 6.07) is 8.42. The predicted molar refractivity (Wildman–Crippen MR) is 95.2 cm³/mol. The number of methoxy groups -OCH3 is 1. The van der Waals surface area contributed by atoms with E-state index in [-0.39, 0.29) is 36.9 Å². The third-order valence-corrected chi connectivity index (χ3v) is 4.11. The third-order valence-electron chi connectivity index (χ3n) is 4.11.